The number of nitrogens with one attached hydrogen (secondary N) is 3. The maximum atomic E-state index is 13.4. The van der Waals surface area contributed by atoms with Gasteiger partial charge in [0.25, 0.3) is 0 Å². The van der Waals surface area contributed by atoms with Crippen LogP contribution in [0.3, 0.4) is 0 Å². The SMILES string of the molecule is C=CCSCCNC(=NC)NCCc1c[nH]c2ccc(F)cc12.I. The Morgan fingerprint density at radius 3 is 2.92 bits per heavy atom. The highest BCUT2D eigenvalue weighted by Crippen LogP contribution is 2.19. The van der Waals surface area contributed by atoms with Crippen molar-refractivity contribution in [3.63, 3.8) is 0 Å². The van der Waals surface area contributed by atoms with Crippen molar-refractivity contribution in [1.29, 1.82) is 0 Å². The van der Waals surface area contributed by atoms with Gasteiger partial charge in [-0.1, -0.05) is 6.08 Å². The molecule has 0 atom stereocenters. The summed E-state index contributed by atoms with van der Waals surface area (Å²) in [4.78, 5) is 7.37. The van der Waals surface area contributed by atoms with Crippen molar-refractivity contribution in [2.75, 3.05) is 31.6 Å². The van der Waals surface area contributed by atoms with Crippen LogP contribution in [0, 0.1) is 5.82 Å². The normalized spacial score (nSPS) is 11.2. The molecule has 0 spiro atoms. The number of aliphatic imine (C=N–C) groups is 1. The Bertz CT molecular complexity index is 672. The van der Waals surface area contributed by atoms with Gasteiger partial charge in [0.1, 0.15) is 5.82 Å². The number of halogens is 2. The third-order valence-electron chi connectivity index (χ3n) is 3.41. The Kier molecular flexibility index (Phi) is 9.85. The topological polar surface area (TPSA) is 52.2 Å². The average Bonchev–Trinajstić information content (AvgIpc) is 2.95. The quantitative estimate of drug-likeness (QED) is 0.185. The Balaban J connectivity index is 0.00000288. The number of rotatable bonds is 8. The molecule has 0 amide bonds. The molecule has 0 radical (unpaired) electrons. The molecular weight excluding hydrogens is 438 g/mol. The van der Waals surface area contributed by atoms with E-state index in [2.05, 4.69) is 27.2 Å². The van der Waals surface area contributed by atoms with Crippen molar-refractivity contribution in [2.24, 2.45) is 4.99 Å². The van der Waals surface area contributed by atoms with Gasteiger partial charge in [-0.2, -0.15) is 11.8 Å². The minimum absolute atomic E-state index is 0. The number of benzene rings is 1. The smallest absolute Gasteiger partial charge is 0.191 e. The van der Waals surface area contributed by atoms with E-state index >= 15 is 0 Å². The molecule has 0 saturated heterocycles. The van der Waals surface area contributed by atoms with E-state index in [1.165, 1.54) is 6.07 Å². The summed E-state index contributed by atoms with van der Waals surface area (Å²) in [5.41, 5.74) is 2.06. The third-order valence-corrected chi connectivity index (χ3v) is 4.38. The first-order valence-electron chi connectivity index (χ1n) is 7.63. The largest absolute Gasteiger partial charge is 0.361 e. The first kappa shape index (κ1) is 20.8. The van der Waals surface area contributed by atoms with Gasteiger partial charge < -0.3 is 15.6 Å². The monoisotopic (exact) mass is 462 g/mol. The van der Waals surface area contributed by atoms with Gasteiger partial charge in [-0.15, -0.1) is 30.6 Å². The van der Waals surface area contributed by atoms with Crippen molar-refractivity contribution >= 4 is 52.6 Å². The Hall–Kier alpha value is -1.22. The lowest BCUT2D eigenvalue weighted by molar-refractivity contribution is 0.629. The van der Waals surface area contributed by atoms with Crippen molar-refractivity contribution < 1.29 is 4.39 Å². The standard InChI is InChI=1S/C17H23FN4S.HI/c1-3-9-23-10-8-21-17(19-2)20-7-6-13-12-22-16-5-4-14(18)11-15(13)16;/h3-5,11-12,22H,1,6-10H2,2H3,(H2,19,20,21);1H. The first-order chi connectivity index (χ1) is 11.2. The van der Waals surface area contributed by atoms with Crippen LogP contribution in [0.15, 0.2) is 42.0 Å². The number of H-pyrrole nitrogens is 1. The Morgan fingerprint density at radius 2 is 2.17 bits per heavy atom. The maximum Gasteiger partial charge on any atom is 0.191 e. The van der Waals surface area contributed by atoms with E-state index in [0.717, 1.165) is 53.4 Å². The molecule has 0 fully saturated rings. The second-order valence-corrected chi connectivity index (χ2v) is 6.19. The molecule has 24 heavy (non-hydrogen) atoms. The lowest BCUT2D eigenvalue weighted by Crippen LogP contribution is -2.39. The molecule has 0 aliphatic carbocycles. The van der Waals surface area contributed by atoms with Gasteiger partial charge in [-0.25, -0.2) is 4.39 Å². The minimum Gasteiger partial charge on any atom is -0.361 e. The van der Waals surface area contributed by atoms with Crippen molar-refractivity contribution in [3.05, 3.63) is 48.4 Å². The summed E-state index contributed by atoms with van der Waals surface area (Å²) in [7, 11) is 1.76. The number of hydrogen-bond donors (Lipinski definition) is 3. The fourth-order valence-electron chi connectivity index (χ4n) is 2.30. The van der Waals surface area contributed by atoms with Crippen molar-refractivity contribution in [3.8, 4) is 0 Å². The number of guanidine groups is 1. The van der Waals surface area contributed by atoms with Crippen LogP contribution in [0.25, 0.3) is 10.9 Å². The van der Waals surface area contributed by atoms with E-state index in [0.29, 0.717) is 0 Å². The van der Waals surface area contributed by atoms with Crippen LogP contribution in [0.1, 0.15) is 5.56 Å². The highest BCUT2D eigenvalue weighted by atomic mass is 127. The third kappa shape index (κ3) is 6.35. The molecule has 1 heterocycles. The van der Waals surface area contributed by atoms with Crippen LogP contribution in [0.2, 0.25) is 0 Å². The lowest BCUT2D eigenvalue weighted by Gasteiger charge is -2.11. The predicted molar refractivity (Wildman–Crippen MR) is 114 cm³/mol. The molecule has 0 bridgehead atoms. The van der Waals surface area contributed by atoms with Crippen molar-refractivity contribution in [2.45, 2.75) is 6.42 Å². The number of aromatic nitrogens is 1. The minimum atomic E-state index is -0.208. The number of fused-ring (bicyclic) bond motifs is 1. The summed E-state index contributed by atoms with van der Waals surface area (Å²) in [6, 6.07) is 4.81. The highest BCUT2D eigenvalue weighted by Gasteiger charge is 2.05. The highest BCUT2D eigenvalue weighted by molar-refractivity contribution is 14.0. The molecule has 0 saturated carbocycles. The fourth-order valence-corrected chi connectivity index (χ4v) is 2.88. The summed E-state index contributed by atoms with van der Waals surface area (Å²) < 4.78 is 13.4. The number of nitrogens with zero attached hydrogens (tertiary/aromatic N) is 1. The molecule has 4 nitrogen and oxygen atoms in total. The molecule has 0 unspecified atom stereocenters. The molecule has 0 aliphatic heterocycles. The Labute approximate surface area is 163 Å². The zero-order valence-corrected chi connectivity index (χ0v) is 16.9. The summed E-state index contributed by atoms with van der Waals surface area (Å²) in [5.74, 6) is 2.55. The molecule has 132 valence electrons. The summed E-state index contributed by atoms with van der Waals surface area (Å²) in [5, 5.41) is 7.49. The molecule has 1 aromatic heterocycles. The predicted octanol–water partition coefficient (Wildman–Crippen LogP) is 3.55. The molecule has 0 aliphatic rings. The van der Waals surface area contributed by atoms with Crippen LogP contribution in [-0.4, -0.2) is 42.6 Å². The van der Waals surface area contributed by atoms with Gasteiger partial charge in [0, 0.05) is 48.7 Å². The van der Waals surface area contributed by atoms with Crippen LogP contribution in [0.4, 0.5) is 4.39 Å². The molecule has 1 aromatic carbocycles. The van der Waals surface area contributed by atoms with Crippen LogP contribution in [0.5, 0.6) is 0 Å². The van der Waals surface area contributed by atoms with E-state index in [4.69, 9.17) is 0 Å². The van der Waals surface area contributed by atoms with E-state index in [-0.39, 0.29) is 29.8 Å². The van der Waals surface area contributed by atoms with Crippen LogP contribution in [-0.2, 0) is 6.42 Å². The van der Waals surface area contributed by atoms with Crippen LogP contribution < -0.4 is 10.6 Å². The molecule has 2 aromatic rings. The summed E-state index contributed by atoms with van der Waals surface area (Å²) in [6.07, 6.45) is 4.64. The second kappa shape index (κ2) is 11.4. The first-order valence-corrected chi connectivity index (χ1v) is 8.78. The van der Waals surface area contributed by atoms with E-state index in [1.54, 1.807) is 19.2 Å². The van der Waals surface area contributed by atoms with Gasteiger partial charge in [0.05, 0.1) is 0 Å². The Morgan fingerprint density at radius 1 is 1.38 bits per heavy atom. The van der Waals surface area contributed by atoms with E-state index in [9.17, 15) is 4.39 Å². The zero-order valence-electron chi connectivity index (χ0n) is 13.8. The van der Waals surface area contributed by atoms with E-state index in [1.807, 2.05) is 24.0 Å². The van der Waals surface area contributed by atoms with Gasteiger partial charge in [0.2, 0.25) is 0 Å². The number of thioether (sulfide) groups is 1. The number of aromatic amines is 1. The van der Waals surface area contributed by atoms with Crippen molar-refractivity contribution in [1.82, 2.24) is 15.6 Å². The molecule has 3 N–H and O–H groups in total. The molecule has 2 rings (SSSR count). The summed E-state index contributed by atoms with van der Waals surface area (Å²) >= 11 is 1.83. The van der Waals surface area contributed by atoms with Gasteiger partial charge >= 0.3 is 0 Å². The van der Waals surface area contributed by atoms with Gasteiger partial charge in [-0.3, -0.25) is 4.99 Å². The maximum absolute atomic E-state index is 13.4. The zero-order chi connectivity index (χ0) is 16.5. The molecule has 7 heteroatoms. The summed E-state index contributed by atoms with van der Waals surface area (Å²) in [6.45, 7) is 5.29. The average molecular weight is 462 g/mol. The lowest BCUT2D eigenvalue weighted by atomic mass is 10.1. The second-order valence-electron chi connectivity index (χ2n) is 5.04. The molecular formula is C17H24FIN4S. The fraction of sp³-hybridized carbons (Fsp3) is 0.353. The van der Waals surface area contributed by atoms with E-state index < -0.39 is 0 Å². The van der Waals surface area contributed by atoms with Crippen LogP contribution >= 0.6 is 35.7 Å². The van der Waals surface area contributed by atoms with Gasteiger partial charge in [-0.05, 0) is 30.2 Å². The van der Waals surface area contributed by atoms with Gasteiger partial charge in [0.15, 0.2) is 5.96 Å². The number of hydrogen-bond acceptors (Lipinski definition) is 2.